The lowest BCUT2D eigenvalue weighted by atomic mass is 10.2. The van der Waals surface area contributed by atoms with E-state index in [0.29, 0.717) is 18.8 Å². The van der Waals surface area contributed by atoms with Gasteiger partial charge in [0.05, 0.1) is 21.8 Å². The monoisotopic (exact) mass is 392 g/mol. The maximum Gasteiger partial charge on any atom is 0.274 e. The van der Waals surface area contributed by atoms with E-state index in [4.69, 9.17) is 0 Å². The van der Waals surface area contributed by atoms with Crippen LogP contribution in [0, 0.1) is 0 Å². The number of aromatic amines is 1. The van der Waals surface area contributed by atoms with Crippen LogP contribution in [0.1, 0.15) is 16.2 Å². The first-order valence-electron chi connectivity index (χ1n) is 9.30. The fraction of sp³-hybridized carbons (Fsp3) is 0.250. The first-order valence-corrected chi connectivity index (χ1v) is 10.2. The van der Waals surface area contributed by atoms with Gasteiger partial charge < -0.3 is 4.90 Å². The number of nitrogens with zero attached hydrogens (tertiary/aromatic N) is 5. The number of thiophene rings is 1. The zero-order chi connectivity index (χ0) is 18.9. The second-order valence-electron chi connectivity index (χ2n) is 6.92. The molecule has 4 aromatic heterocycles. The number of nitrogens with one attached hydrogen (secondary N) is 1. The van der Waals surface area contributed by atoms with Gasteiger partial charge >= 0.3 is 0 Å². The lowest BCUT2D eigenvalue weighted by Gasteiger charge is -2.33. The molecule has 0 unspecified atom stereocenters. The van der Waals surface area contributed by atoms with Gasteiger partial charge in [0.15, 0.2) is 5.69 Å². The number of aromatic nitrogens is 4. The molecule has 4 aromatic rings. The molecule has 8 heteroatoms. The quantitative estimate of drug-likeness (QED) is 0.580. The summed E-state index contributed by atoms with van der Waals surface area (Å²) >= 11 is 1.63. The minimum atomic E-state index is -0.00793. The Bertz CT molecular complexity index is 1060. The molecule has 28 heavy (non-hydrogen) atoms. The molecule has 1 aliphatic rings. The summed E-state index contributed by atoms with van der Waals surface area (Å²) in [5.41, 5.74) is 3.53. The van der Waals surface area contributed by atoms with Gasteiger partial charge in [0.1, 0.15) is 0 Å². The fourth-order valence-electron chi connectivity index (χ4n) is 3.56. The number of carbonyl (C=O) groups is 1. The summed E-state index contributed by atoms with van der Waals surface area (Å²) in [5.74, 6) is -0.00793. The van der Waals surface area contributed by atoms with Gasteiger partial charge in [-0.25, -0.2) is 4.52 Å². The zero-order valence-corrected chi connectivity index (χ0v) is 16.1. The molecular formula is C20H20N6OS. The minimum Gasteiger partial charge on any atom is -0.335 e. The predicted molar refractivity (Wildman–Crippen MR) is 108 cm³/mol. The van der Waals surface area contributed by atoms with Crippen LogP contribution in [0.3, 0.4) is 0 Å². The average molecular weight is 392 g/mol. The normalized spacial score (nSPS) is 15.4. The van der Waals surface area contributed by atoms with Crippen molar-refractivity contribution in [3.05, 3.63) is 65.4 Å². The van der Waals surface area contributed by atoms with Crippen molar-refractivity contribution in [2.45, 2.75) is 6.54 Å². The molecule has 1 aliphatic heterocycles. The van der Waals surface area contributed by atoms with Crippen LogP contribution >= 0.6 is 11.3 Å². The molecule has 1 N–H and O–H groups in total. The fourth-order valence-corrected chi connectivity index (χ4v) is 4.25. The molecule has 0 atom stereocenters. The van der Waals surface area contributed by atoms with Crippen LogP contribution in [0.4, 0.5) is 0 Å². The molecule has 0 bridgehead atoms. The van der Waals surface area contributed by atoms with Crippen LogP contribution in [0.15, 0.2) is 54.0 Å². The number of amides is 1. The third-order valence-electron chi connectivity index (χ3n) is 5.05. The first-order chi connectivity index (χ1) is 13.8. The highest BCUT2D eigenvalue weighted by Gasteiger charge is 2.24. The molecule has 0 aromatic carbocycles. The Labute approximate surface area is 166 Å². The summed E-state index contributed by atoms with van der Waals surface area (Å²) in [6.07, 6.45) is 1.96. The summed E-state index contributed by atoms with van der Waals surface area (Å²) in [4.78, 5) is 18.1. The second-order valence-corrected chi connectivity index (χ2v) is 7.87. The van der Waals surface area contributed by atoms with Crippen molar-refractivity contribution in [1.29, 1.82) is 0 Å². The molecule has 0 saturated carbocycles. The van der Waals surface area contributed by atoms with Gasteiger partial charge in [-0.3, -0.25) is 14.8 Å². The Balaban J connectivity index is 1.20. The summed E-state index contributed by atoms with van der Waals surface area (Å²) in [7, 11) is 0. The first kappa shape index (κ1) is 17.2. The maximum absolute atomic E-state index is 12.8. The van der Waals surface area contributed by atoms with E-state index in [-0.39, 0.29) is 5.91 Å². The molecule has 1 fully saturated rings. The molecule has 5 heterocycles. The van der Waals surface area contributed by atoms with Gasteiger partial charge in [-0.05, 0) is 35.7 Å². The van der Waals surface area contributed by atoms with Crippen LogP contribution in [-0.4, -0.2) is 61.7 Å². The number of rotatable bonds is 4. The average Bonchev–Trinajstić information content (AvgIpc) is 3.47. The van der Waals surface area contributed by atoms with Crippen molar-refractivity contribution in [1.82, 2.24) is 29.6 Å². The van der Waals surface area contributed by atoms with Crippen LogP contribution in [0.2, 0.25) is 0 Å². The summed E-state index contributed by atoms with van der Waals surface area (Å²) < 4.78 is 1.90. The standard InChI is InChI=1S/C20H20N6OS/c27-20(18-13-17(21-22-18)19-5-3-11-28-19)25-9-7-24(8-10-25)14-15-12-16-4-1-2-6-26(16)23-15/h1-6,11-13H,7-10,14H2,(H,21,22). The Morgan fingerprint density at radius 1 is 1.11 bits per heavy atom. The lowest BCUT2D eigenvalue weighted by Crippen LogP contribution is -2.48. The van der Waals surface area contributed by atoms with E-state index >= 15 is 0 Å². The number of fused-ring (bicyclic) bond motifs is 1. The largest absolute Gasteiger partial charge is 0.335 e. The number of piperazine rings is 1. The van der Waals surface area contributed by atoms with Crippen LogP contribution in [0.5, 0.6) is 0 Å². The highest BCUT2D eigenvalue weighted by molar-refractivity contribution is 7.13. The Morgan fingerprint density at radius 3 is 2.79 bits per heavy atom. The van der Waals surface area contributed by atoms with E-state index in [1.165, 1.54) is 0 Å². The summed E-state index contributed by atoms with van der Waals surface area (Å²) in [6, 6.07) is 14.0. The third-order valence-corrected chi connectivity index (χ3v) is 5.95. The van der Waals surface area contributed by atoms with Crippen LogP contribution in [0.25, 0.3) is 16.1 Å². The summed E-state index contributed by atoms with van der Waals surface area (Å²) in [5, 5.41) is 13.8. The highest BCUT2D eigenvalue weighted by atomic mass is 32.1. The number of H-pyrrole nitrogens is 1. The highest BCUT2D eigenvalue weighted by Crippen LogP contribution is 2.23. The van der Waals surface area contributed by atoms with Gasteiger partial charge in [-0.1, -0.05) is 12.1 Å². The number of hydrogen-bond donors (Lipinski definition) is 1. The van der Waals surface area contributed by atoms with E-state index in [1.807, 2.05) is 51.3 Å². The number of pyridine rings is 1. The molecular weight excluding hydrogens is 372 g/mol. The molecule has 0 radical (unpaired) electrons. The molecule has 1 amide bonds. The SMILES string of the molecule is O=C(c1cc(-c2cccs2)[nH]n1)N1CCN(Cc2cc3ccccn3n2)CC1. The van der Waals surface area contributed by atoms with Gasteiger partial charge in [-0.2, -0.15) is 10.2 Å². The Morgan fingerprint density at radius 2 is 2.00 bits per heavy atom. The molecule has 7 nitrogen and oxygen atoms in total. The zero-order valence-electron chi connectivity index (χ0n) is 15.3. The van der Waals surface area contributed by atoms with Crippen molar-refractivity contribution in [2.75, 3.05) is 26.2 Å². The van der Waals surface area contributed by atoms with Crippen molar-refractivity contribution < 1.29 is 4.79 Å². The lowest BCUT2D eigenvalue weighted by molar-refractivity contribution is 0.0621. The Hall–Kier alpha value is -2.97. The van der Waals surface area contributed by atoms with E-state index in [2.05, 4.69) is 32.3 Å². The third kappa shape index (κ3) is 3.32. The topological polar surface area (TPSA) is 69.5 Å². The van der Waals surface area contributed by atoms with Crippen molar-refractivity contribution in [3.8, 4) is 10.6 Å². The van der Waals surface area contributed by atoms with Gasteiger partial charge in [0.25, 0.3) is 5.91 Å². The molecule has 5 rings (SSSR count). The maximum atomic E-state index is 12.8. The van der Waals surface area contributed by atoms with E-state index in [9.17, 15) is 4.79 Å². The Kier molecular flexibility index (Phi) is 4.42. The van der Waals surface area contributed by atoms with Crippen molar-refractivity contribution in [2.24, 2.45) is 0 Å². The van der Waals surface area contributed by atoms with Crippen molar-refractivity contribution in [3.63, 3.8) is 0 Å². The van der Waals surface area contributed by atoms with Crippen LogP contribution < -0.4 is 0 Å². The number of hydrogen-bond acceptors (Lipinski definition) is 5. The minimum absolute atomic E-state index is 0.00793. The smallest absolute Gasteiger partial charge is 0.274 e. The molecule has 1 saturated heterocycles. The van der Waals surface area contributed by atoms with Crippen LogP contribution in [-0.2, 0) is 6.54 Å². The van der Waals surface area contributed by atoms with E-state index < -0.39 is 0 Å². The van der Waals surface area contributed by atoms with Crippen molar-refractivity contribution >= 4 is 22.8 Å². The molecule has 0 spiro atoms. The number of carbonyl (C=O) groups excluding carboxylic acids is 1. The summed E-state index contributed by atoms with van der Waals surface area (Å²) in [6.45, 7) is 3.87. The van der Waals surface area contributed by atoms with Gasteiger partial charge in [-0.15, -0.1) is 11.3 Å². The van der Waals surface area contributed by atoms with E-state index in [1.54, 1.807) is 11.3 Å². The van der Waals surface area contributed by atoms with Gasteiger partial charge in [0, 0.05) is 38.9 Å². The second kappa shape index (κ2) is 7.21. The van der Waals surface area contributed by atoms with E-state index in [0.717, 1.165) is 41.4 Å². The molecule has 0 aliphatic carbocycles. The predicted octanol–water partition coefficient (Wildman–Crippen LogP) is 2.74. The molecule has 142 valence electrons. The van der Waals surface area contributed by atoms with Gasteiger partial charge in [0.2, 0.25) is 0 Å².